The van der Waals surface area contributed by atoms with Crippen molar-refractivity contribution in [3.63, 3.8) is 0 Å². The van der Waals surface area contributed by atoms with Crippen LogP contribution >= 0.6 is 11.6 Å². The molecule has 1 amide bonds. The Balaban J connectivity index is 1.48. The van der Waals surface area contributed by atoms with Gasteiger partial charge in [-0.1, -0.05) is 11.6 Å². The van der Waals surface area contributed by atoms with E-state index < -0.39 is 5.60 Å². The predicted octanol–water partition coefficient (Wildman–Crippen LogP) is 3.87. The van der Waals surface area contributed by atoms with Crippen LogP contribution in [-0.4, -0.2) is 52.4 Å². The van der Waals surface area contributed by atoms with E-state index in [0.717, 1.165) is 61.1 Å². The van der Waals surface area contributed by atoms with Gasteiger partial charge in [0.15, 0.2) is 0 Å². The molecule has 7 nitrogen and oxygen atoms in total. The Bertz CT molecular complexity index is 962. The molecule has 0 aromatic carbocycles. The molecule has 3 heterocycles. The van der Waals surface area contributed by atoms with Crippen LogP contribution in [0.1, 0.15) is 45.6 Å². The zero-order valence-corrected chi connectivity index (χ0v) is 19.2. The molecule has 8 heteroatoms. The van der Waals surface area contributed by atoms with Gasteiger partial charge in [0, 0.05) is 31.1 Å². The summed E-state index contributed by atoms with van der Waals surface area (Å²) in [5.74, 6) is 0.598. The van der Waals surface area contributed by atoms with E-state index >= 15 is 0 Å². The fourth-order valence-electron chi connectivity index (χ4n) is 3.64. The Morgan fingerprint density at radius 3 is 2.74 bits per heavy atom. The average Bonchev–Trinajstić information content (AvgIpc) is 2.72. The van der Waals surface area contributed by atoms with Crippen LogP contribution in [0.25, 0.3) is 16.6 Å². The van der Waals surface area contributed by atoms with Crippen LogP contribution in [0.15, 0.2) is 30.6 Å². The van der Waals surface area contributed by atoms with Crippen molar-refractivity contribution in [2.24, 2.45) is 5.92 Å². The van der Waals surface area contributed by atoms with Crippen LogP contribution < -0.4 is 5.32 Å². The molecule has 0 radical (unpaired) electrons. The summed E-state index contributed by atoms with van der Waals surface area (Å²) in [5.41, 5.74) is 2.67. The van der Waals surface area contributed by atoms with Crippen molar-refractivity contribution < 1.29 is 14.8 Å². The number of nitrogens with two attached hydrogens (primary N) is 1. The summed E-state index contributed by atoms with van der Waals surface area (Å²) in [5, 5.41) is 10.3. The SMILES string of the molecule is CC(C)(C)OC(=O)N1CCC(CC[NH2+]/C=C(\C=N)c2cnc3ccc(Cl)nc3c2)CC1. The third-order valence-electron chi connectivity index (χ3n) is 5.30. The first-order valence-electron chi connectivity index (χ1n) is 10.7. The van der Waals surface area contributed by atoms with Crippen molar-refractivity contribution >= 4 is 40.5 Å². The number of pyridine rings is 2. The van der Waals surface area contributed by atoms with Crippen LogP contribution in [0.2, 0.25) is 5.15 Å². The molecule has 0 saturated carbocycles. The molecular weight excluding hydrogens is 414 g/mol. The normalized spacial score (nSPS) is 15.9. The number of quaternary nitrogens is 1. The standard InChI is InChI=1S/C23H30ClN5O2/c1-23(2,3)31-22(30)29-10-7-16(8-11-29)6-9-26-14-18(13-25)17-12-20-19(27-15-17)4-5-21(24)28-20/h4-5,12-16,25-26H,6-11H2,1-3H3/p+1/b18-14+,25-13?. The molecule has 1 saturated heterocycles. The molecule has 1 aliphatic heterocycles. The Hall–Kier alpha value is -2.51. The molecule has 1 aliphatic rings. The third kappa shape index (κ3) is 6.74. The Morgan fingerprint density at radius 1 is 1.32 bits per heavy atom. The fraction of sp³-hybridized carbons (Fsp3) is 0.478. The van der Waals surface area contributed by atoms with Gasteiger partial charge in [-0.15, -0.1) is 0 Å². The zero-order valence-electron chi connectivity index (χ0n) is 18.4. The lowest BCUT2D eigenvalue weighted by atomic mass is 9.94. The highest BCUT2D eigenvalue weighted by Crippen LogP contribution is 2.22. The highest BCUT2D eigenvalue weighted by atomic mass is 35.5. The highest BCUT2D eigenvalue weighted by Gasteiger charge is 2.26. The predicted molar refractivity (Wildman–Crippen MR) is 123 cm³/mol. The van der Waals surface area contributed by atoms with E-state index in [1.165, 1.54) is 6.21 Å². The van der Waals surface area contributed by atoms with Gasteiger partial charge in [-0.25, -0.2) is 9.78 Å². The second kappa shape index (κ2) is 10.2. The number of carbonyl (C=O) groups is 1. The average molecular weight is 445 g/mol. The van der Waals surface area contributed by atoms with E-state index in [1.54, 1.807) is 12.3 Å². The minimum atomic E-state index is -0.454. The third-order valence-corrected chi connectivity index (χ3v) is 5.51. The zero-order chi connectivity index (χ0) is 22.4. The quantitative estimate of drug-likeness (QED) is 0.401. The van der Waals surface area contributed by atoms with Crippen molar-refractivity contribution in [2.75, 3.05) is 19.6 Å². The van der Waals surface area contributed by atoms with Crippen LogP contribution in [0.4, 0.5) is 4.79 Å². The lowest BCUT2D eigenvalue weighted by Crippen LogP contribution is -2.78. The number of nitrogens with zero attached hydrogens (tertiary/aromatic N) is 3. The molecular formula is C23H31ClN5O2+. The van der Waals surface area contributed by atoms with Crippen LogP contribution in [0.5, 0.6) is 0 Å². The molecule has 166 valence electrons. The van der Waals surface area contributed by atoms with Gasteiger partial charge in [-0.2, -0.15) is 0 Å². The number of hydrogen-bond donors (Lipinski definition) is 2. The van der Waals surface area contributed by atoms with E-state index in [2.05, 4.69) is 15.3 Å². The molecule has 2 aromatic rings. The molecule has 31 heavy (non-hydrogen) atoms. The van der Waals surface area contributed by atoms with Crippen molar-refractivity contribution in [1.29, 1.82) is 5.41 Å². The first-order valence-corrected chi connectivity index (χ1v) is 11.1. The monoisotopic (exact) mass is 444 g/mol. The fourth-order valence-corrected chi connectivity index (χ4v) is 3.79. The Morgan fingerprint density at radius 2 is 2.06 bits per heavy atom. The summed E-state index contributed by atoms with van der Waals surface area (Å²) in [6.45, 7) is 8.11. The smallest absolute Gasteiger partial charge is 0.410 e. The molecule has 0 bridgehead atoms. The molecule has 0 atom stereocenters. The number of ether oxygens (including phenoxy) is 1. The lowest BCUT2D eigenvalue weighted by Gasteiger charge is -2.33. The number of aromatic nitrogens is 2. The molecule has 0 unspecified atom stereocenters. The number of piperidine rings is 1. The van der Waals surface area contributed by atoms with Crippen molar-refractivity contribution in [2.45, 2.75) is 45.6 Å². The molecule has 2 aromatic heterocycles. The molecule has 0 aliphatic carbocycles. The maximum atomic E-state index is 12.2. The van der Waals surface area contributed by atoms with Crippen LogP contribution in [0, 0.1) is 11.3 Å². The summed E-state index contributed by atoms with van der Waals surface area (Å²) in [6, 6.07) is 5.46. The van der Waals surface area contributed by atoms with Gasteiger partial charge in [0.1, 0.15) is 17.0 Å². The topological polar surface area (TPSA) is 95.8 Å². The number of rotatable bonds is 6. The summed E-state index contributed by atoms with van der Waals surface area (Å²) in [7, 11) is 0. The number of allylic oxidation sites excluding steroid dienone is 1. The lowest BCUT2D eigenvalue weighted by molar-refractivity contribution is -0.588. The number of nitrogens with one attached hydrogen (secondary N) is 1. The second-order valence-corrected chi connectivity index (χ2v) is 9.27. The molecule has 0 spiro atoms. The molecule has 3 rings (SSSR count). The number of amides is 1. The largest absolute Gasteiger partial charge is 0.444 e. The first kappa shape index (κ1) is 23.2. The van der Waals surface area contributed by atoms with E-state index in [9.17, 15) is 4.79 Å². The van der Waals surface area contributed by atoms with Gasteiger partial charge in [0.2, 0.25) is 0 Å². The summed E-state index contributed by atoms with van der Waals surface area (Å²) < 4.78 is 5.46. The Labute approximate surface area is 188 Å². The first-order chi connectivity index (χ1) is 14.7. The number of hydrogen-bond acceptors (Lipinski definition) is 5. The van der Waals surface area contributed by atoms with Gasteiger partial charge >= 0.3 is 6.09 Å². The van der Waals surface area contributed by atoms with E-state index in [1.807, 2.05) is 44.0 Å². The minimum Gasteiger partial charge on any atom is -0.444 e. The van der Waals surface area contributed by atoms with E-state index in [0.29, 0.717) is 11.1 Å². The Kier molecular flexibility index (Phi) is 7.62. The van der Waals surface area contributed by atoms with Crippen LogP contribution in [-0.2, 0) is 4.74 Å². The van der Waals surface area contributed by atoms with Gasteiger partial charge < -0.3 is 20.4 Å². The number of likely N-dealkylation sites (tertiary alicyclic amines) is 1. The summed E-state index contributed by atoms with van der Waals surface area (Å²) in [6.07, 6.45) is 7.91. The molecule has 3 N–H and O–H groups in total. The second-order valence-electron chi connectivity index (χ2n) is 8.89. The summed E-state index contributed by atoms with van der Waals surface area (Å²) in [4.78, 5) is 22.7. The van der Waals surface area contributed by atoms with Crippen LogP contribution in [0.3, 0.4) is 0 Å². The van der Waals surface area contributed by atoms with Gasteiger partial charge in [0.05, 0.1) is 23.2 Å². The maximum absolute atomic E-state index is 12.2. The van der Waals surface area contributed by atoms with Crippen molar-refractivity contribution in [3.05, 3.63) is 41.3 Å². The van der Waals surface area contributed by atoms with E-state index in [-0.39, 0.29) is 6.09 Å². The maximum Gasteiger partial charge on any atom is 0.410 e. The van der Waals surface area contributed by atoms with Gasteiger partial charge in [-0.3, -0.25) is 4.98 Å². The van der Waals surface area contributed by atoms with Crippen molar-refractivity contribution in [1.82, 2.24) is 14.9 Å². The van der Waals surface area contributed by atoms with Gasteiger partial charge in [0.25, 0.3) is 0 Å². The minimum absolute atomic E-state index is 0.212. The van der Waals surface area contributed by atoms with E-state index in [4.69, 9.17) is 21.7 Å². The highest BCUT2D eigenvalue weighted by molar-refractivity contribution is 6.29. The van der Waals surface area contributed by atoms with Crippen molar-refractivity contribution in [3.8, 4) is 0 Å². The number of halogens is 1. The van der Waals surface area contributed by atoms with Gasteiger partial charge in [-0.05, 0) is 64.2 Å². The number of fused-ring (bicyclic) bond motifs is 1. The molecule has 1 fully saturated rings. The number of carbonyl (C=O) groups excluding carboxylic acids is 1. The summed E-state index contributed by atoms with van der Waals surface area (Å²) >= 11 is 5.98.